The third kappa shape index (κ3) is 4.71. The van der Waals surface area contributed by atoms with Gasteiger partial charge in [0.2, 0.25) is 0 Å². The summed E-state index contributed by atoms with van der Waals surface area (Å²) in [5, 5.41) is 5.78. The molecule has 118 valence electrons. The van der Waals surface area contributed by atoms with Crippen molar-refractivity contribution in [3.8, 4) is 0 Å². The summed E-state index contributed by atoms with van der Waals surface area (Å²) in [7, 11) is 0. The Kier molecular flexibility index (Phi) is 5.27. The van der Waals surface area contributed by atoms with Crippen molar-refractivity contribution in [1.29, 1.82) is 0 Å². The van der Waals surface area contributed by atoms with Crippen LogP contribution < -0.4 is 5.32 Å². The van der Waals surface area contributed by atoms with Gasteiger partial charge in [-0.25, -0.2) is 4.79 Å². The summed E-state index contributed by atoms with van der Waals surface area (Å²) in [6.45, 7) is 9.37. The number of amides is 1. The lowest BCUT2D eigenvalue weighted by atomic mass is 10.0. The molecule has 1 atom stereocenters. The van der Waals surface area contributed by atoms with Gasteiger partial charge < -0.3 is 15.0 Å². The quantitative estimate of drug-likeness (QED) is 0.899. The molecule has 2 heterocycles. The maximum atomic E-state index is 11.9. The predicted octanol–water partition coefficient (Wildman–Crippen LogP) is 3.80. The molecule has 0 saturated carbocycles. The monoisotopic (exact) mass is 310 g/mol. The summed E-state index contributed by atoms with van der Waals surface area (Å²) in [6, 6.07) is 5.05. The molecule has 21 heavy (non-hydrogen) atoms. The Hall–Kier alpha value is -1.07. The molecule has 4 nitrogen and oxygen atoms in total. The second-order valence-corrected chi connectivity index (χ2v) is 7.58. The molecule has 1 saturated heterocycles. The van der Waals surface area contributed by atoms with Crippen LogP contribution in [0.3, 0.4) is 0 Å². The highest BCUT2D eigenvalue weighted by molar-refractivity contribution is 7.10. The molecule has 1 amide bonds. The van der Waals surface area contributed by atoms with Crippen molar-refractivity contribution in [3.05, 3.63) is 22.4 Å². The first-order valence-corrected chi connectivity index (χ1v) is 8.54. The molecule has 1 N–H and O–H groups in total. The molecule has 1 unspecified atom stereocenters. The number of nitrogens with one attached hydrogen (secondary N) is 1. The van der Waals surface area contributed by atoms with Crippen LogP contribution in [0.1, 0.15) is 51.5 Å². The van der Waals surface area contributed by atoms with Crippen molar-refractivity contribution in [2.45, 2.75) is 58.2 Å². The molecular formula is C16H26N2O2S. The van der Waals surface area contributed by atoms with Crippen LogP contribution in [-0.2, 0) is 4.74 Å². The van der Waals surface area contributed by atoms with Gasteiger partial charge in [0.1, 0.15) is 5.60 Å². The van der Waals surface area contributed by atoms with E-state index in [0.717, 1.165) is 25.9 Å². The summed E-state index contributed by atoms with van der Waals surface area (Å²) in [5.74, 6) is 0. The number of hydrogen-bond donors (Lipinski definition) is 1. The largest absolute Gasteiger partial charge is 0.444 e. The van der Waals surface area contributed by atoms with E-state index in [1.165, 1.54) is 4.88 Å². The molecule has 1 aliphatic rings. The van der Waals surface area contributed by atoms with E-state index in [4.69, 9.17) is 4.74 Å². The van der Waals surface area contributed by atoms with E-state index in [1.54, 1.807) is 16.2 Å². The lowest BCUT2D eigenvalue weighted by Gasteiger charge is -2.41. The van der Waals surface area contributed by atoms with Gasteiger partial charge in [-0.15, -0.1) is 11.3 Å². The molecule has 1 fully saturated rings. The number of hydrogen-bond acceptors (Lipinski definition) is 4. The molecule has 1 aromatic heterocycles. The fourth-order valence-corrected chi connectivity index (χ4v) is 3.25. The average Bonchev–Trinajstić information content (AvgIpc) is 2.82. The molecular weight excluding hydrogens is 284 g/mol. The van der Waals surface area contributed by atoms with E-state index in [1.807, 2.05) is 20.8 Å². The SMILES string of the molecule is CCCC(NC1CN(C(=O)OC(C)(C)C)C1)c1cccs1. The van der Waals surface area contributed by atoms with E-state index in [2.05, 4.69) is 29.8 Å². The Morgan fingerprint density at radius 3 is 2.76 bits per heavy atom. The van der Waals surface area contributed by atoms with Gasteiger partial charge in [0.05, 0.1) is 0 Å². The van der Waals surface area contributed by atoms with E-state index >= 15 is 0 Å². The van der Waals surface area contributed by atoms with Gasteiger partial charge in [-0.2, -0.15) is 0 Å². The van der Waals surface area contributed by atoms with Crippen molar-refractivity contribution >= 4 is 17.4 Å². The fraction of sp³-hybridized carbons (Fsp3) is 0.688. The summed E-state index contributed by atoms with van der Waals surface area (Å²) in [4.78, 5) is 15.1. The number of thiophene rings is 1. The topological polar surface area (TPSA) is 41.6 Å². The molecule has 0 aliphatic carbocycles. The van der Waals surface area contributed by atoms with E-state index < -0.39 is 5.60 Å². The van der Waals surface area contributed by atoms with Gasteiger partial charge >= 0.3 is 6.09 Å². The number of carbonyl (C=O) groups is 1. The normalized spacial score (nSPS) is 17.4. The van der Waals surface area contributed by atoms with Crippen molar-refractivity contribution in [2.75, 3.05) is 13.1 Å². The third-order valence-corrected chi connectivity index (χ3v) is 4.42. The minimum absolute atomic E-state index is 0.205. The van der Waals surface area contributed by atoms with Gasteiger partial charge in [-0.3, -0.25) is 0 Å². The highest BCUT2D eigenvalue weighted by Gasteiger charge is 2.34. The predicted molar refractivity (Wildman–Crippen MR) is 86.7 cm³/mol. The molecule has 5 heteroatoms. The van der Waals surface area contributed by atoms with Crippen molar-refractivity contribution in [2.24, 2.45) is 0 Å². The Labute approximate surface area is 131 Å². The van der Waals surface area contributed by atoms with Crippen LogP contribution in [0.4, 0.5) is 4.79 Å². The summed E-state index contributed by atoms with van der Waals surface area (Å²) >= 11 is 1.79. The van der Waals surface area contributed by atoms with Crippen LogP contribution in [-0.4, -0.2) is 35.7 Å². The Bertz CT molecular complexity index is 447. The zero-order valence-electron chi connectivity index (χ0n) is 13.4. The Morgan fingerprint density at radius 1 is 1.52 bits per heavy atom. The maximum Gasteiger partial charge on any atom is 0.410 e. The van der Waals surface area contributed by atoms with Gasteiger partial charge in [-0.05, 0) is 38.6 Å². The van der Waals surface area contributed by atoms with Crippen LogP contribution in [0.15, 0.2) is 17.5 Å². The second-order valence-electron chi connectivity index (χ2n) is 6.61. The van der Waals surface area contributed by atoms with E-state index in [9.17, 15) is 4.79 Å². The number of likely N-dealkylation sites (tertiary alicyclic amines) is 1. The zero-order chi connectivity index (χ0) is 15.5. The summed E-state index contributed by atoms with van der Waals surface area (Å²) in [5.41, 5.74) is -0.419. The minimum Gasteiger partial charge on any atom is -0.444 e. The molecule has 0 bridgehead atoms. The van der Waals surface area contributed by atoms with Gasteiger partial charge in [0.15, 0.2) is 0 Å². The number of ether oxygens (including phenoxy) is 1. The fourth-order valence-electron chi connectivity index (χ4n) is 2.43. The van der Waals surface area contributed by atoms with Crippen molar-refractivity contribution in [3.63, 3.8) is 0 Å². The van der Waals surface area contributed by atoms with Gasteiger partial charge in [-0.1, -0.05) is 19.4 Å². The van der Waals surface area contributed by atoms with E-state index in [-0.39, 0.29) is 6.09 Å². The zero-order valence-corrected chi connectivity index (χ0v) is 14.2. The van der Waals surface area contributed by atoms with Gasteiger partial charge in [0, 0.05) is 30.1 Å². The lowest BCUT2D eigenvalue weighted by molar-refractivity contribution is 0.00405. The van der Waals surface area contributed by atoms with Crippen LogP contribution in [0.2, 0.25) is 0 Å². The van der Waals surface area contributed by atoms with Crippen LogP contribution >= 0.6 is 11.3 Å². The van der Waals surface area contributed by atoms with Crippen LogP contribution in [0.25, 0.3) is 0 Å². The van der Waals surface area contributed by atoms with E-state index in [0.29, 0.717) is 12.1 Å². The average molecular weight is 310 g/mol. The first kappa shape index (κ1) is 16.3. The molecule has 1 aromatic rings. The lowest BCUT2D eigenvalue weighted by Crippen LogP contribution is -2.61. The summed E-state index contributed by atoms with van der Waals surface area (Å²) < 4.78 is 5.38. The molecule has 2 rings (SSSR count). The number of rotatable bonds is 5. The minimum atomic E-state index is -0.419. The first-order chi connectivity index (χ1) is 9.89. The maximum absolute atomic E-state index is 11.9. The number of nitrogens with zero attached hydrogens (tertiary/aromatic N) is 1. The van der Waals surface area contributed by atoms with Gasteiger partial charge in [0.25, 0.3) is 0 Å². The molecule has 0 spiro atoms. The Balaban J connectivity index is 1.80. The molecule has 0 aromatic carbocycles. The molecule has 1 aliphatic heterocycles. The first-order valence-electron chi connectivity index (χ1n) is 7.66. The molecule has 0 radical (unpaired) electrons. The van der Waals surface area contributed by atoms with Crippen molar-refractivity contribution in [1.82, 2.24) is 10.2 Å². The van der Waals surface area contributed by atoms with Crippen LogP contribution in [0, 0.1) is 0 Å². The standard InChI is InChI=1S/C16H26N2O2S/c1-5-7-13(14-8-6-9-21-14)17-12-10-18(11-12)15(19)20-16(2,3)4/h6,8-9,12-13,17H,5,7,10-11H2,1-4H3. The van der Waals surface area contributed by atoms with Crippen LogP contribution in [0.5, 0.6) is 0 Å². The summed E-state index contributed by atoms with van der Waals surface area (Å²) in [6.07, 6.45) is 2.07. The highest BCUT2D eigenvalue weighted by Crippen LogP contribution is 2.25. The third-order valence-electron chi connectivity index (χ3n) is 3.43. The second kappa shape index (κ2) is 6.79. The number of carbonyl (C=O) groups excluding carboxylic acids is 1. The Morgan fingerprint density at radius 2 is 2.24 bits per heavy atom. The van der Waals surface area contributed by atoms with Crippen molar-refractivity contribution < 1.29 is 9.53 Å². The smallest absolute Gasteiger partial charge is 0.410 e. The highest BCUT2D eigenvalue weighted by atomic mass is 32.1.